The summed E-state index contributed by atoms with van der Waals surface area (Å²) in [7, 11) is 0. The van der Waals surface area contributed by atoms with Gasteiger partial charge in [0, 0.05) is 19.6 Å². The Kier molecular flexibility index (Phi) is 6.27. The molecule has 1 aliphatic heterocycles. The Labute approximate surface area is 146 Å². The molecule has 1 atom stereocenters. The van der Waals surface area contributed by atoms with Gasteiger partial charge in [-0.2, -0.15) is 0 Å². The lowest BCUT2D eigenvalue weighted by Crippen LogP contribution is -2.42. The number of aryl methyl sites for hydroxylation is 2. The van der Waals surface area contributed by atoms with Crippen LogP contribution in [0.4, 0.5) is 4.79 Å². The topological polar surface area (TPSA) is 41.6 Å². The second-order valence-corrected chi connectivity index (χ2v) is 8.06. The number of likely N-dealkylation sites (tertiary alicyclic amines) is 1. The van der Waals surface area contributed by atoms with E-state index in [4.69, 9.17) is 4.74 Å². The molecule has 0 aliphatic carbocycles. The third-order valence-corrected chi connectivity index (χ3v) is 4.44. The zero-order valence-corrected chi connectivity index (χ0v) is 15.8. The highest BCUT2D eigenvalue weighted by Gasteiger charge is 2.22. The van der Waals surface area contributed by atoms with Crippen molar-refractivity contribution in [3.05, 3.63) is 34.9 Å². The van der Waals surface area contributed by atoms with Gasteiger partial charge in [-0.3, -0.25) is 4.90 Å². The van der Waals surface area contributed by atoms with Gasteiger partial charge in [0.25, 0.3) is 0 Å². The monoisotopic (exact) mass is 332 g/mol. The Balaban J connectivity index is 1.83. The molecule has 4 nitrogen and oxygen atoms in total. The van der Waals surface area contributed by atoms with Crippen LogP contribution in [-0.2, 0) is 11.3 Å². The molecule has 1 heterocycles. The van der Waals surface area contributed by atoms with E-state index < -0.39 is 5.60 Å². The number of carbonyl (C=O) groups excluding carboxylic acids is 1. The van der Waals surface area contributed by atoms with E-state index in [1.807, 2.05) is 20.8 Å². The van der Waals surface area contributed by atoms with Crippen LogP contribution in [0.15, 0.2) is 18.2 Å². The van der Waals surface area contributed by atoms with Gasteiger partial charge in [-0.05, 0) is 71.0 Å². The summed E-state index contributed by atoms with van der Waals surface area (Å²) < 4.78 is 5.32. The highest BCUT2D eigenvalue weighted by Crippen LogP contribution is 2.20. The molecule has 0 bridgehead atoms. The lowest BCUT2D eigenvalue weighted by Gasteiger charge is -2.33. The zero-order valence-electron chi connectivity index (χ0n) is 15.8. The molecule has 1 fully saturated rings. The minimum atomic E-state index is -0.439. The fraction of sp³-hybridized carbons (Fsp3) is 0.650. The number of nitrogens with zero attached hydrogens (tertiary/aromatic N) is 1. The Morgan fingerprint density at radius 1 is 1.33 bits per heavy atom. The Bertz CT molecular complexity index is 563. The van der Waals surface area contributed by atoms with Crippen molar-refractivity contribution < 1.29 is 9.53 Å². The average Bonchev–Trinajstić information content (AvgIpc) is 2.48. The molecule has 24 heavy (non-hydrogen) atoms. The van der Waals surface area contributed by atoms with Crippen molar-refractivity contribution in [3.8, 4) is 0 Å². The summed E-state index contributed by atoms with van der Waals surface area (Å²) >= 11 is 0. The predicted octanol–water partition coefficient (Wildman–Crippen LogP) is 4.04. The van der Waals surface area contributed by atoms with E-state index in [1.165, 1.54) is 29.5 Å². The summed E-state index contributed by atoms with van der Waals surface area (Å²) in [4.78, 5) is 14.3. The molecule has 2 rings (SSSR count). The van der Waals surface area contributed by atoms with Gasteiger partial charge in [0.1, 0.15) is 5.60 Å². The van der Waals surface area contributed by atoms with Gasteiger partial charge in [0.2, 0.25) is 0 Å². The largest absolute Gasteiger partial charge is 0.444 e. The second kappa shape index (κ2) is 8.02. The van der Waals surface area contributed by atoms with Crippen molar-refractivity contribution >= 4 is 6.09 Å². The molecule has 0 spiro atoms. The molecule has 4 heteroatoms. The smallest absolute Gasteiger partial charge is 0.407 e. The van der Waals surface area contributed by atoms with Gasteiger partial charge in [-0.25, -0.2) is 4.79 Å². The number of alkyl carbamates (subject to hydrolysis) is 1. The lowest BCUT2D eigenvalue weighted by molar-refractivity contribution is 0.0506. The molecular weight excluding hydrogens is 300 g/mol. The Morgan fingerprint density at radius 3 is 2.79 bits per heavy atom. The molecule has 134 valence electrons. The fourth-order valence-electron chi connectivity index (χ4n) is 3.21. The quantitative estimate of drug-likeness (QED) is 0.905. The lowest BCUT2D eigenvalue weighted by atomic mass is 9.96. The maximum absolute atomic E-state index is 11.8. The van der Waals surface area contributed by atoms with Crippen molar-refractivity contribution in [3.63, 3.8) is 0 Å². The number of nitrogens with one attached hydrogen (secondary N) is 1. The molecule has 0 aromatic heterocycles. The van der Waals surface area contributed by atoms with E-state index in [-0.39, 0.29) is 6.09 Å². The van der Waals surface area contributed by atoms with Crippen molar-refractivity contribution in [1.29, 1.82) is 0 Å². The van der Waals surface area contributed by atoms with Gasteiger partial charge >= 0.3 is 6.09 Å². The molecule has 1 aromatic rings. The van der Waals surface area contributed by atoms with Gasteiger partial charge < -0.3 is 10.1 Å². The Hall–Kier alpha value is -1.55. The average molecular weight is 332 g/mol. The minimum Gasteiger partial charge on any atom is -0.444 e. The Morgan fingerprint density at radius 2 is 2.08 bits per heavy atom. The second-order valence-electron chi connectivity index (χ2n) is 8.06. The first-order valence-corrected chi connectivity index (χ1v) is 8.98. The van der Waals surface area contributed by atoms with Crippen LogP contribution < -0.4 is 5.32 Å². The van der Waals surface area contributed by atoms with E-state index in [0.29, 0.717) is 12.5 Å². The molecule has 1 aliphatic rings. The molecule has 1 amide bonds. The van der Waals surface area contributed by atoms with E-state index in [2.05, 4.69) is 42.3 Å². The first-order valence-electron chi connectivity index (χ1n) is 8.98. The predicted molar refractivity (Wildman–Crippen MR) is 98.2 cm³/mol. The van der Waals surface area contributed by atoms with Crippen LogP contribution in [0.25, 0.3) is 0 Å². The number of ether oxygens (including phenoxy) is 1. The van der Waals surface area contributed by atoms with Crippen molar-refractivity contribution in [2.45, 2.75) is 59.6 Å². The number of rotatable bonds is 4. The molecule has 1 saturated heterocycles. The van der Waals surface area contributed by atoms with Crippen LogP contribution in [0, 0.1) is 19.8 Å². The van der Waals surface area contributed by atoms with Crippen molar-refractivity contribution in [2.75, 3.05) is 19.6 Å². The normalized spacial score (nSPS) is 19.1. The zero-order chi connectivity index (χ0) is 17.7. The minimum absolute atomic E-state index is 0.311. The van der Waals surface area contributed by atoms with E-state index >= 15 is 0 Å². The highest BCUT2D eigenvalue weighted by atomic mass is 16.6. The van der Waals surface area contributed by atoms with Crippen molar-refractivity contribution in [2.24, 2.45) is 5.92 Å². The molecule has 0 radical (unpaired) electrons. The number of hydrogen-bond acceptors (Lipinski definition) is 3. The van der Waals surface area contributed by atoms with Gasteiger partial charge in [-0.15, -0.1) is 0 Å². The van der Waals surface area contributed by atoms with Gasteiger partial charge in [0.05, 0.1) is 0 Å². The van der Waals surface area contributed by atoms with Crippen LogP contribution in [-0.4, -0.2) is 36.2 Å². The number of amides is 1. The first kappa shape index (κ1) is 18.8. The highest BCUT2D eigenvalue weighted by molar-refractivity contribution is 5.67. The molecular formula is C20H32N2O2. The number of carbonyl (C=O) groups is 1. The van der Waals surface area contributed by atoms with Crippen LogP contribution in [0.2, 0.25) is 0 Å². The van der Waals surface area contributed by atoms with Crippen LogP contribution in [0.5, 0.6) is 0 Å². The summed E-state index contributed by atoms with van der Waals surface area (Å²) in [6.45, 7) is 13.8. The molecule has 1 N–H and O–H groups in total. The van der Waals surface area contributed by atoms with Crippen molar-refractivity contribution in [1.82, 2.24) is 10.2 Å². The number of piperidine rings is 1. The van der Waals surface area contributed by atoms with Gasteiger partial charge in [-0.1, -0.05) is 23.8 Å². The van der Waals surface area contributed by atoms with Crippen LogP contribution >= 0.6 is 0 Å². The third-order valence-electron chi connectivity index (χ3n) is 4.44. The van der Waals surface area contributed by atoms with E-state index in [9.17, 15) is 4.79 Å². The van der Waals surface area contributed by atoms with E-state index in [0.717, 1.165) is 19.6 Å². The molecule has 0 saturated carbocycles. The fourth-order valence-corrected chi connectivity index (χ4v) is 3.21. The molecule has 1 unspecified atom stereocenters. The summed E-state index contributed by atoms with van der Waals surface area (Å²) in [6.07, 6.45) is 2.04. The standard InChI is InChI=1S/C20H32N2O2/c1-15-8-9-16(2)18(11-15)14-22-10-6-7-17(13-22)12-21-19(23)24-20(3,4)5/h8-9,11,17H,6-7,10,12-14H2,1-5H3,(H,21,23). The molecule has 1 aromatic carbocycles. The van der Waals surface area contributed by atoms with Crippen LogP contribution in [0.1, 0.15) is 50.3 Å². The maximum Gasteiger partial charge on any atom is 0.407 e. The third kappa shape index (κ3) is 6.16. The van der Waals surface area contributed by atoms with E-state index in [1.54, 1.807) is 0 Å². The number of benzene rings is 1. The number of hydrogen-bond donors (Lipinski definition) is 1. The van der Waals surface area contributed by atoms with Gasteiger partial charge in [0.15, 0.2) is 0 Å². The maximum atomic E-state index is 11.8. The summed E-state index contributed by atoms with van der Waals surface area (Å²) in [6, 6.07) is 6.66. The van der Waals surface area contributed by atoms with Crippen LogP contribution in [0.3, 0.4) is 0 Å². The SMILES string of the molecule is Cc1ccc(C)c(CN2CCCC(CNC(=O)OC(C)(C)C)C2)c1. The first-order chi connectivity index (χ1) is 11.2. The summed E-state index contributed by atoms with van der Waals surface area (Å²) in [5, 5.41) is 2.93. The summed E-state index contributed by atoms with van der Waals surface area (Å²) in [5.74, 6) is 0.497. The summed E-state index contributed by atoms with van der Waals surface area (Å²) in [5.41, 5.74) is 3.65.